The van der Waals surface area contributed by atoms with E-state index in [0.717, 1.165) is 4.90 Å². The number of piperazine rings is 1. The molecule has 3 amide bonds. The molecule has 2 heterocycles. The van der Waals surface area contributed by atoms with Crippen molar-refractivity contribution in [3.8, 4) is 0 Å². The Kier molecular flexibility index (Phi) is 10.0. The summed E-state index contributed by atoms with van der Waals surface area (Å²) in [6, 6.07) is 10.3. The van der Waals surface area contributed by atoms with E-state index in [9.17, 15) is 27.9 Å². The Labute approximate surface area is 252 Å². The second kappa shape index (κ2) is 13.5. The summed E-state index contributed by atoms with van der Waals surface area (Å²) in [6.45, 7) is 1.61. The third kappa shape index (κ3) is 7.17. The van der Waals surface area contributed by atoms with Gasteiger partial charge in [-0.2, -0.15) is 4.31 Å². The number of urea groups is 1. The maximum Gasteiger partial charge on any atom is 0.326 e. The lowest BCUT2D eigenvalue weighted by Crippen LogP contribution is -2.49. The van der Waals surface area contributed by atoms with E-state index in [1.165, 1.54) is 35.9 Å². The van der Waals surface area contributed by atoms with Gasteiger partial charge in [-0.25, -0.2) is 18.0 Å². The van der Waals surface area contributed by atoms with E-state index >= 15 is 0 Å². The molecule has 222 valence electrons. The van der Waals surface area contributed by atoms with Gasteiger partial charge in [0.05, 0.1) is 21.3 Å². The first-order chi connectivity index (χ1) is 20.0. The van der Waals surface area contributed by atoms with Crippen LogP contribution in [0, 0.1) is 0 Å². The molecule has 1 aliphatic rings. The molecule has 1 saturated heterocycles. The standard InChI is InChI=1S/C27H28Cl2N6O6S/c1-34(22-4-2-3-5-23(22)42(40,41)35-12-10-30-11-13-35)27(39)33-21(26(37)38)14-17-6-8-18(9-7-17)32-25(36)24-19(28)15-31-16-20(24)29/h2-9,15-16,21,30H,10-14H2,1H3,(H,32,36)(H,33,39)(H,37,38)/t21-/m0/s1. The molecule has 0 unspecified atom stereocenters. The Morgan fingerprint density at radius 3 is 2.29 bits per heavy atom. The molecule has 0 spiro atoms. The predicted molar refractivity (Wildman–Crippen MR) is 159 cm³/mol. The zero-order chi connectivity index (χ0) is 30.4. The molecule has 42 heavy (non-hydrogen) atoms. The summed E-state index contributed by atoms with van der Waals surface area (Å²) in [6.07, 6.45) is 2.52. The van der Waals surface area contributed by atoms with Crippen LogP contribution in [-0.4, -0.2) is 80.0 Å². The number of rotatable bonds is 9. The quantitative estimate of drug-likeness (QED) is 0.279. The number of aliphatic carboxylic acids is 1. The highest BCUT2D eigenvalue weighted by Crippen LogP contribution is 2.28. The lowest BCUT2D eigenvalue weighted by Gasteiger charge is -2.29. The Morgan fingerprint density at radius 1 is 1.05 bits per heavy atom. The molecule has 12 nitrogen and oxygen atoms in total. The van der Waals surface area contributed by atoms with Gasteiger partial charge in [0.1, 0.15) is 10.9 Å². The van der Waals surface area contributed by atoms with Crippen LogP contribution in [0.4, 0.5) is 16.2 Å². The minimum Gasteiger partial charge on any atom is -0.480 e. The number of halogens is 2. The molecule has 2 aromatic carbocycles. The normalized spacial score (nSPS) is 14.5. The predicted octanol–water partition coefficient (Wildman–Crippen LogP) is 3.08. The molecule has 1 aromatic heterocycles. The number of carbonyl (C=O) groups is 3. The van der Waals surface area contributed by atoms with Gasteiger partial charge >= 0.3 is 12.0 Å². The molecule has 3 aromatic rings. The highest BCUT2D eigenvalue weighted by Gasteiger charge is 2.31. The average molecular weight is 636 g/mol. The minimum absolute atomic E-state index is 0.0524. The molecule has 0 saturated carbocycles. The summed E-state index contributed by atoms with van der Waals surface area (Å²) >= 11 is 12.1. The smallest absolute Gasteiger partial charge is 0.326 e. The second-order valence-corrected chi connectivity index (χ2v) is 12.1. The first-order valence-electron chi connectivity index (χ1n) is 12.7. The van der Waals surface area contributed by atoms with E-state index in [-0.39, 0.29) is 32.6 Å². The number of para-hydroxylation sites is 1. The summed E-state index contributed by atoms with van der Waals surface area (Å²) < 4.78 is 28.0. The van der Waals surface area contributed by atoms with Crippen molar-refractivity contribution in [3.63, 3.8) is 0 Å². The molecule has 0 bridgehead atoms. The number of carboxylic acids is 1. The number of carbonyl (C=O) groups excluding carboxylic acids is 2. The van der Waals surface area contributed by atoms with Crippen molar-refractivity contribution in [2.45, 2.75) is 17.4 Å². The first-order valence-corrected chi connectivity index (χ1v) is 14.9. The van der Waals surface area contributed by atoms with E-state index in [0.29, 0.717) is 37.4 Å². The zero-order valence-corrected chi connectivity index (χ0v) is 24.7. The van der Waals surface area contributed by atoms with Crippen LogP contribution in [-0.2, 0) is 21.2 Å². The molecule has 0 aliphatic carbocycles. The largest absolute Gasteiger partial charge is 0.480 e. The van der Waals surface area contributed by atoms with E-state index in [4.69, 9.17) is 23.2 Å². The molecule has 1 aliphatic heterocycles. The van der Waals surface area contributed by atoms with Gasteiger partial charge in [0.2, 0.25) is 10.0 Å². The fourth-order valence-electron chi connectivity index (χ4n) is 4.31. The van der Waals surface area contributed by atoms with Crippen LogP contribution in [0.2, 0.25) is 10.0 Å². The van der Waals surface area contributed by atoms with E-state index in [2.05, 4.69) is 20.9 Å². The van der Waals surface area contributed by atoms with Crippen molar-refractivity contribution in [3.05, 3.63) is 82.1 Å². The lowest BCUT2D eigenvalue weighted by molar-refractivity contribution is -0.139. The monoisotopic (exact) mass is 634 g/mol. The number of benzene rings is 2. The highest BCUT2D eigenvalue weighted by atomic mass is 35.5. The van der Waals surface area contributed by atoms with Gasteiger partial charge in [-0.3, -0.25) is 14.7 Å². The third-order valence-electron chi connectivity index (χ3n) is 6.55. The fraction of sp³-hybridized carbons (Fsp3) is 0.259. The van der Waals surface area contributed by atoms with Crippen molar-refractivity contribution in [2.24, 2.45) is 0 Å². The number of hydrogen-bond donors (Lipinski definition) is 4. The van der Waals surface area contributed by atoms with Gasteiger partial charge in [0.25, 0.3) is 5.91 Å². The SMILES string of the molecule is CN(C(=O)N[C@@H](Cc1ccc(NC(=O)c2c(Cl)cncc2Cl)cc1)C(=O)O)c1ccccc1S(=O)(=O)N1CCNCC1. The van der Waals surface area contributed by atoms with Crippen LogP contribution < -0.4 is 20.9 Å². The van der Waals surface area contributed by atoms with Gasteiger partial charge in [0.15, 0.2) is 0 Å². The summed E-state index contributed by atoms with van der Waals surface area (Å²) in [5.41, 5.74) is 1.15. The van der Waals surface area contributed by atoms with Gasteiger partial charge < -0.3 is 21.1 Å². The van der Waals surface area contributed by atoms with Crippen LogP contribution in [0.3, 0.4) is 0 Å². The Bertz CT molecular complexity index is 1560. The van der Waals surface area contributed by atoms with E-state index < -0.39 is 34.0 Å². The zero-order valence-electron chi connectivity index (χ0n) is 22.4. The van der Waals surface area contributed by atoms with Gasteiger partial charge in [-0.1, -0.05) is 47.5 Å². The first kappa shape index (κ1) is 31.2. The maximum absolute atomic E-state index is 13.3. The molecular formula is C27H28Cl2N6O6S. The number of amides is 3. The van der Waals surface area contributed by atoms with Crippen molar-refractivity contribution in [2.75, 3.05) is 43.4 Å². The number of nitrogens with one attached hydrogen (secondary N) is 3. The van der Waals surface area contributed by atoms with Crippen LogP contribution in [0.1, 0.15) is 15.9 Å². The van der Waals surface area contributed by atoms with Gasteiger partial charge in [-0.05, 0) is 29.8 Å². The number of pyridine rings is 1. The Hall–Kier alpha value is -3.75. The number of hydrogen-bond acceptors (Lipinski definition) is 7. The van der Waals surface area contributed by atoms with Crippen LogP contribution in [0.15, 0.2) is 65.8 Å². The van der Waals surface area contributed by atoms with Crippen molar-refractivity contribution in [1.82, 2.24) is 19.9 Å². The number of anilines is 2. The van der Waals surface area contributed by atoms with Gasteiger partial charge in [-0.15, -0.1) is 0 Å². The van der Waals surface area contributed by atoms with Crippen LogP contribution in [0.5, 0.6) is 0 Å². The van der Waals surface area contributed by atoms with Crippen molar-refractivity contribution < 1.29 is 27.9 Å². The van der Waals surface area contributed by atoms with Crippen LogP contribution in [0.25, 0.3) is 0 Å². The molecule has 0 radical (unpaired) electrons. The van der Waals surface area contributed by atoms with Crippen molar-refractivity contribution >= 4 is 62.5 Å². The third-order valence-corrected chi connectivity index (χ3v) is 9.07. The second-order valence-electron chi connectivity index (χ2n) is 9.35. The number of aromatic nitrogens is 1. The molecule has 15 heteroatoms. The molecule has 1 fully saturated rings. The van der Waals surface area contributed by atoms with Crippen molar-refractivity contribution in [1.29, 1.82) is 0 Å². The van der Waals surface area contributed by atoms with Gasteiger partial charge in [0, 0.05) is 57.7 Å². The molecule has 4 rings (SSSR count). The molecular weight excluding hydrogens is 607 g/mol. The summed E-state index contributed by atoms with van der Waals surface area (Å²) in [4.78, 5) is 42.6. The summed E-state index contributed by atoms with van der Waals surface area (Å²) in [5.74, 6) is -1.82. The lowest BCUT2D eigenvalue weighted by atomic mass is 10.1. The maximum atomic E-state index is 13.3. The molecule has 4 N–H and O–H groups in total. The highest BCUT2D eigenvalue weighted by molar-refractivity contribution is 7.89. The van der Waals surface area contributed by atoms with E-state index in [1.54, 1.807) is 36.4 Å². The Morgan fingerprint density at radius 2 is 1.67 bits per heavy atom. The average Bonchev–Trinajstić information content (AvgIpc) is 2.97. The van der Waals surface area contributed by atoms with E-state index in [1.807, 2.05) is 0 Å². The fourth-order valence-corrected chi connectivity index (χ4v) is 6.51. The molecule has 1 atom stereocenters. The number of sulfonamides is 1. The minimum atomic E-state index is -3.89. The summed E-state index contributed by atoms with van der Waals surface area (Å²) in [5, 5.41) is 18.2. The summed E-state index contributed by atoms with van der Waals surface area (Å²) in [7, 11) is -2.52. The topological polar surface area (TPSA) is 161 Å². The Balaban J connectivity index is 1.44. The number of carboxylic acid groups (broad SMARTS) is 1. The van der Waals surface area contributed by atoms with Crippen LogP contribution >= 0.6 is 23.2 Å². The number of nitrogens with zero attached hydrogens (tertiary/aromatic N) is 3.